The second-order valence-electron chi connectivity index (χ2n) is 5.73. The van der Waals surface area contributed by atoms with Gasteiger partial charge >= 0.3 is 0 Å². The summed E-state index contributed by atoms with van der Waals surface area (Å²) < 4.78 is 0. The summed E-state index contributed by atoms with van der Waals surface area (Å²) in [6, 6.07) is 4.38. The molecule has 0 spiro atoms. The van der Waals surface area contributed by atoms with Gasteiger partial charge in [-0.15, -0.1) is 0 Å². The molecule has 0 aromatic heterocycles. The fourth-order valence-corrected chi connectivity index (χ4v) is 1.58. The van der Waals surface area contributed by atoms with Crippen molar-refractivity contribution in [1.29, 1.82) is 0 Å². The molecule has 0 heterocycles. The fourth-order valence-electron chi connectivity index (χ4n) is 1.58. The van der Waals surface area contributed by atoms with Crippen LogP contribution >= 0.6 is 0 Å². The van der Waals surface area contributed by atoms with Gasteiger partial charge in [-0.2, -0.15) is 0 Å². The van der Waals surface area contributed by atoms with Crippen LogP contribution in [0.3, 0.4) is 0 Å². The van der Waals surface area contributed by atoms with Gasteiger partial charge in [-0.1, -0.05) is 26.8 Å². The first kappa shape index (κ1) is 15.2. The number of amides is 2. The zero-order valence-electron chi connectivity index (χ0n) is 11.8. The molecule has 1 aromatic rings. The molecule has 5 nitrogen and oxygen atoms in total. The summed E-state index contributed by atoms with van der Waals surface area (Å²) in [5.41, 5.74) is 12.5. The summed E-state index contributed by atoms with van der Waals surface area (Å²) in [7, 11) is 0. The molecule has 5 N–H and O–H groups in total. The number of nitrogens with one attached hydrogen (secondary N) is 1. The Hall–Kier alpha value is -1.88. The minimum absolute atomic E-state index is 0.285. The van der Waals surface area contributed by atoms with Crippen LogP contribution in [-0.4, -0.2) is 17.9 Å². The molecule has 1 aromatic carbocycles. The third-order valence-electron chi connectivity index (χ3n) is 2.99. The van der Waals surface area contributed by atoms with Gasteiger partial charge in [-0.3, -0.25) is 9.59 Å². The van der Waals surface area contributed by atoms with Gasteiger partial charge in [0.1, 0.15) is 0 Å². The lowest BCUT2D eigenvalue weighted by atomic mass is 9.87. The molecule has 1 rings (SSSR count). The van der Waals surface area contributed by atoms with Gasteiger partial charge in [0.15, 0.2) is 0 Å². The summed E-state index contributed by atoms with van der Waals surface area (Å²) in [6.45, 7) is 7.45. The van der Waals surface area contributed by atoms with Crippen LogP contribution in [-0.2, 0) is 4.79 Å². The lowest BCUT2D eigenvalue weighted by Crippen LogP contribution is -2.45. The van der Waals surface area contributed by atoms with Crippen molar-refractivity contribution >= 4 is 17.5 Å². The van der Waals surface area contributed by atoms with Gasteiger partial charge in [0.2, 0.25) is 11.8 Å². The van der Waals surface area contributed by atoms with Crippen molar-refractivity contribution in [3.63, 3.8) is 0 Å². The van der Waals surface area contributed by atoms with E-state index in [0.29, 0.717) is 11.3 Å². The normalized spacial score (nSPS) is 12.9. The Kier molecular flexibility index (Phi) is 4.32. The third-order valence-corrected chi connectivity index (χ3v) is 2.99. The molecule has 0 bridgehead atoms. The van der Waals surface area contributed by atoms with Crippen molar-refractivity contribution < 1.29 is 9.59 Å². The van der Waals surface area contributed by atoms with Crippen molar-refractivity contribution in [3.8, 4) is 0 Å². The smallest absolute Gasteiger partial charge is 0.249 e. The van der Waals surface area contributed by atoms with Crippen LogP contribution in [0, 0.1) is 12.3 Å². The van der Waals surface area contributed by atoms with Gasteiger partial charge in [-0.25, -0.2) is 0 Å². The molecule has 0 saturated heterocycles. The molecule has 0 saturated carbocycles. The molecule has 0 aliphatic rings. The number of aryl methyl sites for hydroxylation is 1. The number of anilines is 1. The summed E-state index contributed by atoms with van der Waals surface area (Å²) in [5, 5.41) is 2.70. The molecule has 2 amide bonds. The number of hydrogen-bond donors (Lipinski definition) is 3. The predicted molar refractivity (Wildman–Crippen MR) is 75.8 cm³/mol. The fraction of sp³-hybridized carbons (Fsp3) is 0.429. The van der Waals surface area contributed by atoms with Gasteiger partial charge in [0, 0.05) is 11.3 Å². The Labute approximate surface area is 113 Å². The minimum atomic E-state index is -0.633. The lowest BCUT2D eigenvalue weighted by Gasteiger charge is -2.25. The molecule has 0 aliphatic heterocycles. The maximum absolute atomic E-state index is 12.0. The highest BCUT2D eigenvalue weighted by Gasteiger charge is 2.27. The zero-order valence-corrected chi connectivity index (χ0v) is 11.8. The highest BCUT2D eigenvalue weighted by Crippen LogP contribution is 2.20. The van der Waals surface area contributed by atoms with E-state index in [1.54, 1.807) is 25.1 Å². The Bertz CT molecular complexity index is 504. The van der Waals surface area contributed by atoms with E-state index in [1.807, 2.05) is 20.8 Å². The van der Waals surface area contributed by atoms with Crippen LogP contribution in [0.5, 0.6) is 0 Å². The number of primary amides is 1. The maximum Gasteiger partial charge on any atom is 0.249 e. The quantitative estimate of drug-likeness (QED) is 0.768. The monoisotopic (exact) mass is 263 g/mol. The number of rotatable bonds is 3. The van der Waals surface area contributed by atoms with E-state index in [4.69, 9.17) is 11.5 Å². The second kappa shape index (κ2) is 5.40. The first-order valence-electron chi connectivity index (χ1n) is 6.10. The van der Waals surface area contributed by atoms with Crippen LogP contribution in [0.25, 0.3) is 0 Å². The van der Waals surface area contributed by atoms with E-state index < -0.39 is 11.9 Å². The second-order valence-corrected chi connectivity index (χ2v) is 5.73. The maximum atomic E-state index is 12.0. The number of nitrogens with two attached hydrogens (primary N) is 2. The number of carbonyl (C=O) groups excluding carboxylic acids is 2. The first-order valence-corrected chi connectivity index (χ1v) is 6.10. The topological polar surface area (TPSA) is 98.2 Å². The predicted octanol–water partition coefficient (Wildman–Crippen LogP) is 1.41. The Balaban J connectivity index is 2.92. The average molecular weight is 263 g/mol. The van der Waals surface area contributed by atoms with Gasteiger partial charge in [-0.05, 0) is 30.0 Å². The lowest BCUT2D eigenvalue weighted by molar-refractivity contribution is -0.119. The summed E-state index contributed by atoms with van der Waals surface area (Å²) in [6.07, 6.45) is 0. The summed E-state index contributed by atoms with van der Waals surface area (Å²) >= 11 is 0. The van der Waals surface area contributed by atoms with E-state index >= 15 is 0 Å². The van der Waals surface area contributed by atoms with E-state index in [0.717, 1.165) is 5.56 Å². The molecule has 0 radical (unpaired) electrons. The molecule has 104 valence electrons. The molecule has 0 aliphatic carbocycles. The van der Waals surface area contributed by atoms with Crippen LogP contribution in [0.2, 0.25) is 0 Å². The highest BCUT2D eigenvalue weighted by atomic mass is 16.2. The first-order chi connectivity index (χ1) is 8.62. The van der Waals surface area contributed by atoms with E-state index in [2.05, 4.69) is 5.32 Å². The van der Waals surface area contributed by atoms with Gasteiger partial charge < -0.3 is 16.8 Å². The standard InChI is InChI=1S/C14H21N3O2/c1-8-5-6-9(7-10(8)12(16)18)17-13(19)11(15)14(2,3)4/h5-7,11H,15H2,1-4H3,(H2,16,18)(H,17,19)/t11-/m1/s1. The van der Waals surface area contributed by atoms with Crippen molar-refractivity contribution in [3.05, 3.63) is 29.3 Å². The van der Waals surface area contributed by atoms with Crippen molar-refractivity contribution in [2.45, 2.75) is 33.7 Å². The molecule has 19 heavy (non-hydrogen) atoms. The highest BCUT2D eigenvalue weighted by molar-refractivity contribution is 5.98. The van der Waals surface area contributed by atoms with Gasteiger partial charge in [0.25, 0.3) is 0 Å². The largest absolute Gasteiger partial charge is 0.366 e. The van der Waals surface area contributed by atoms with E-state index in [9.17, 15) is 9.59 Å². The minimum Gasteiger partial charge on any atom is -0.366 e. The Morgan fingerprint density at radius 1 is 1.26 bits per heavy atom. The average Bonchev–Trinajstić information content (AvgIpc) is 2.29. The SMILES string of the molecule is Cc1ccc(NC(=O)[C@@H](N)C(C)(C)C)cc1C(N)=O. The summed E-state index contributed by atoms with van der Waals surface area (Å²) in [4.78, 5) is 23.2. The van der Waals surface area contributed by atoms with Gasteiger partial charge in [0.05, 0.1) is 6.04 Å². The Morgan fingerprint density at radius 3 is 2.32 bits per heavy atom. The van der Waals surface area contributed by atoms with Crippen molar-refractivity contribution in [2.75, 3.05) is 5.32 Å². The van der Waals surface area contributed by atoms with Crippen LogP contribution in [0.1, 0.15) is 36.7 Å². The zero-order chi connectivity index (χ0) is 14.8. The molecule has 0 unspecified atom stereocenters. The third kappa shape index (κ3) is 3.79. The number of carbonyl (C=O) groups is 2. The summed E-state index contributed by atoms with van der Waals surface area (Å²) in [5.74, 6) is -0.805. The van der Waals surface area contributed by atoms with Crippen LogP contribution in [0.15, 0.2) is 18.2 Å². The Morgan fingerprint density at radius 2 is 1.84 bits per heavy atom. The molecular formula is C14H21N3O2. The van der Waals surface area contributed by atoms with Crippen LogP contribution in [0.4, 0.5) is 5.69 Å². The molecule has 5 heteroatoms. The number of benzene rings is 1. The van der Waals surface area contributed by atoms with Crippen LogP contribution < -0.4 is 16.8 Å². The molecule has 0 fully saturated rings. The molecular weight excluding hydrogens is 242 g/mol. The van der Waals surface area contributed by atoms with E-state index in [-0.39, 0.29) is 11.3 Å². The van der Waals surface area contributed by atoms with Crippen molar-refractivity contribution in [2.24, 2.45) is 16.9 Å². The van der Waals surface area contributed by atoms with E-state index in [1.165, 1.54) is 0 Å². The number of hydrogen-bond acceptors (Lipinski definition) is 3. The molecule has 1 atom stereocenters. The van der Waals surface area contributed by atoms with Crippen molar-refractivity contribution in [1.82, 2.24) is 0 Å².